The largest absolute Gasteiger partial charge is 0.460 e. The number of aromatic nitrogens is 1. The van der Waals surface area contributed by atoms with Gasteiger partial charge in [0.25, 0.3) is 5.91 Å². The number of furan rings is 1. The number of likely N-dealkylation sites (N-methyl/N-ethyl adjacent to an activating group) is 1. The van der Waals surface area contributed by atoms with Gasteiger partial charge in [0.1, 0.15) is 17.1 Å². The Morgan fingerprint density at radius 2 is 1.76 bits per heavy atom. The molecule has 1 spiro atoms. The van der Waals surface area contributed by atoms with Gasteiger partial charge >= 0.3 is 6.03 Å². The molecule has 0 radical (unpaired) electrons. The summed E-state index contributed by atoms with van der Waals surface area (Å²) >= 11 is 5.98. The number of likely N-dealkylation sites (tertiary alicyclic amines) is 1. The van der Waals surface area contributed by atoms with Crippen molar-refractivity contribution in [2.45, 2.75) is 38.4 Å². The van der Waals surface area contributed by atoms with Gasteiger partial charge in [0.2, 0.25) is 0 Å². The van der Waals surface area contributed by atoms with Gasteiger partial charge in [-0.1, -0.05) is 17.7 Å². The summed E-state index contributed by atoms with van der Waals surface area (Å²) < 4.78 is 6.06. The van der Waals surface area contributed by atoms with Crippen LogP contribution in [0.15, 0.2) is 65.2 Å². The summed E-state index contributed by atoms with van der Waals surface area (Å²) in [5.74, 6) is 1.57. The molecule has 2 fully saturated rings. The highest BCUT2D eigenvalue weighted by atomic mass is 35.5. The highest BCUT2D eigenvalue weighted by Crippen LogP contribution is 2.38. The lowest BCUT2D eigenvalue weighted by Gasteiger charge is -2.41. The van der Waals surface area contributed by atoms with Crippen molar-refractivity contribution in [3.63, 3.8) is 0 Å². The third-order valence-corrected chi connectivity index (χ3v) is 7.09. The van der Waals surface area contributed by atoms with E-state index < -0.39 is 5.54 Å². The van der Waals surface area contributed by atoms with Crippen molar-refractivity contribution >= 4 is 23.5 Å². The predicted octanol–water partition coefficient (Wildman–Crippen LogP) is 4.81. The molecule has 2 aliphatic rings. The summed E-state index contributed by atoms with van der Waals surface area (Å²) in [4.78, 5) is 36.3. The number of hydrogen-bond acceptors (Lipinski definition) is 5. The fraction of sp³-hybridized carbons (Fsp3) is 0.346. The zero-order valence-electron chi connectivity index (χ0n) is 19.1. The summed E-state index contributed by atoms with van der Waals surface area (Å²) in [6, 6.07) is 16.8. The van der Waals surface area contributed by atoms with E-state index in [2.05, 4.69) is 9.88 Å². The number of imide groups is 1. The van der Waals surface area contributed by atoms with E-state index >= 15 is 0 Å². The minimum atomic E-state index is -0.769. The molecule has 0 saturated carbocycles. The summed E-state index contributed by atoms with van der Waals surface area (Å²) in [7, 11) is 0. The zero-order chi connectivity index (χ0) is 23.7. The van der Waals surface area contributed by atoms with Crippen LogP contribution >= 0.6 is 11.6 Å². The molecular weight excluding hydrogens is 452 g/mol. The van der Waals surface area contributed by atoms with Gasteiger partial charge in [-0.3, -0.25) is 19.6 Å². The van der Waals surface area contributed by atoms with Crippen LogP contribution in [-0.4, -0.2) is 56.8 Å². The predicted molar refractivity (Wildman–Crippen MR) is 129 cm³/mol. The number of urea groups is 1. The molecule has 2 aliphatic heterocycles. The second kappa shape index (κ2) is 9.24. The molecule has 7 nitrogen and oxygen atoms in total. The first kappa shape index (κ1) is 22.6. The lowest BCUT2D eigenvalue weighted by molar-refractivity contribution is -0.136. The van der Waals surface area contributed by atoms with Crippen LogP contribution in [-0.2, 0) is 17.9 Å². The van der Waals surface area contributed by atoms with Crippen LogP contribution in [0.5, 0.6) is 0 Å². The van der Waals surface area contributed by atoms with Gasteiger partial charge in [0.15, 0.2) is 0 Å². The first-order valence-corrected chi connectivity index (χ1v) is 12.0. The van der Waals surface area contributed by atoms with Crippen LogP contribution in [0.3, 0.4) is 0 Å². The van der Waals surface area contributed by atoms with Crippen molar-refractivity contribution in [3.05, 3.63) is 77.3 Å². The molecule has 5 rings (SSSR count). The van der Waals surface area contributed by atoms with Gasteiger partial charge in [0.05, 0.1) is 18.8 Å². The van der Waals surface area contributed by atoms with Crippen LogP contribution in [0, 0.1) is 0 Å². The quantitative estimate of drug-likeness (QED) is 0.475. The van der Waals surface area contributed by atoms with Crippen molar-refractivity contribution in [2.75, 3.05) is 19.6 Å². The Bertz CT molecular complexity index is 1170. The molecule has 0 aliphatic carbocycles. The molecule has 4 heterocycles. The van der Waals surface area contributed by atoms with Gasteiger partial charge < -0.3 is 9.32 Å². The summed E-state index contributed by atoms with van der Waals surface area (Å²) in [6.07, 6.45) is 2.89. The number of carbonyl (C=O) groups is 2. The molecule has 3 amide bonds. The Hall–Kier alpha value is -3.16. The number of carbonyl (C=O) groups excluding carboxylic acids is 2. The highest BCUT2D eigenvalue weighted by molar-refractivity contribution is 6.30. The Morgan fingerprint density at radius 1 is 1.00 bits per heavy atom. The summed E-state index contributed by atoms with van der Waals surface area (Å²) in [5, 5.41) is 0.692. The van der Waals surface area contributed by atoms with Crippen molar-refractivity contribution in [2.24, 2.45) is 0 Å². The van der Waals surface area contributed by atoms with Crippen molar-refractivity contribution < 1.29 is 14.0 Å². The third-order valence-electron chi connectivity index (χ3n) is 6.84. The highest BCUT2D eigenvalue weighted by Gasteiger charge is 2.57. The van der Waals surface area contributed by atoms with Crippen molar-refractivity contribution in [1.82, 2.24) is 19.7 Å². The van der Waals surface area contributed by atoms with E-state index in [0.717, 1.165) is 17.1 Å². The van der Waals surface area contributed by atoms with Gasteiger partial charge in [-0.15, -0.1) is 0 Å². The number of rotatable bonds is 6. The molecule has 3 aromatic rings. The SMILES string of the molecule is CCN1C(=O)N(Cc2ccccn2)C(=O)C12CCN(Cc1ccc(-c3ccc(Cl)cc3)o1)CC2. The van der Waals surface area contributed by atoms with E-state index in [4.69, 9.17) is 16.0 Å². The molecule has 34 heavy (non-hydrogen) atoms. The smallest absolute Gasteiger partial charge is 0.328 e. The van der Waals surface area contributed by atoms with Crippen molar-refractivity contribution in [3.8, 4) is 11.3 Å². The first-order valence-electron chi connectivity index (χ1n) is 11.6. The van der Waals surface area contributed by atoms with E-state index in [1.54, 1.807) is 11.1 Å². The minimum Gasteiger partial charge on any atom is -0.460 e. The maximum atomic E-state index is 13.5. The molecule has 2 aromatic heterocycles. The minimum absolute atomic E-state index is 0.104. The van der Waals surface area contributed by atoms with E-state index in [9.17, 15) is 9.59 Å². The molecule has 0 bridgehead atoms. The third kappa shape index (κ3) is 4.10. The lowest BCUT2D eigenvalue weighted by Crippen LogP contribution is -2.56. The Balaban J connectivity index is 1.26. The molecule has 1 aromatic carbocycles. The average Bonchev–Trinajstić information content (AvgIpc) is 3.39. The number of hydrogen-bond donors (Lipinski definition) is 0. The first-order chi connectivity index (χ1) is 16.5. The second-order valence-corrected chi connectivity index (χ2v) is 9.26. The Morgan fingerprint density at radius 3 is 2.44 bits per heavy atom. The molecular formula is C26H27ClN4O3. The number of pyridine rings is 1. The van der Waals surface area contributed by atoms with Crippen LogP contribution in [0.4, 0.5) is 4.79 Å². The number of halogens is 1. The van der Waals surface area contributed by atoms with E-state index in [-0.39, 0.29) is 18.5 Å². The van der Waals surface area contributed by atoms with Crippen LogP contribution in [0.2, 0.25) is 5.02 Å². The van der Waals surface area contributed by atoms with Gasteiger partial charge in [-0.05, 0) is 68.3 Å². The molecule has 176 valence electrons. The maximum Gasteiger partial charge on any atom is 0.328 e. The topological polar surface area (TPSA) is 69.9 Å². The second-order valence-electron chi connectivity index (χ2n) is 8.82. The molecule has 0 N–H and O–H groups in total. The Kier molecular flexibility index (Phi) is 6.15. The van der Waals surface area contributed by atoms with Crippen molar-refractivity contribution in [1.29, 1.82) is 0 Å². The van der Waals surface area contributed by atoms with Gasteiger partial charge in [-0.25, -0.2) is 4.79 Å². The molecule has 0 atom stereocenters. The standard InChI is InChI=1S/C26H27ClN4O3/c1-2-31-25(33)30(17-21-5-3-4-14-28-21)24(32)26(31)12-15-29(16-13-26)18-22-10-11-23(34-22)19-6-8-20(27)9-7-19/h3-11,14H,2,12-13,15-18H2,1H3. The van der Waals surface area contributed by atoms with Gasteiger partial charge in [0, 0.05) is 36.4 Å². The fourth-order valence-electron chi connectivity index (χ4n) is 5.03. The van der Waals surface area contributed by atoms with Gasteiger partial charge in [-0.2, -0.15) is 0 Å². The van der Waals surface area contributed by atoms with Crippen LogP contribution in [0.25, 0.3) is 11.3 Å². The lowest BCUT2D eigenvalue weighted by atomic mass is 9.85. The number of amides is 3. The normalized spacial score (nSPS) is 18.3. The Labute approximate surface area is 203 Å². The molecule has 0 unspecified atom stereocenters. The maximum absolute atomic E-state index is 13.5. The monoisotopic (exact) mass is 478 g/mol. The van der Waals surface area contributed by atoms with Crippen LogP contribution in [0.1, 0.15) is 31.2 Å². The number of benzene rings is 1. The number of nitrogens with zero attached hydrogens (tertiary/aromatic N) is 4. The molecule has 8 heteroatoms. The zero-order valence-corrected chi connectivity index (χ0v) is 19.9. The summed E-state index contributed by atoms with van der Waals surface area (Å²) in [5.41, 5.74) is 0.924. The molecule has 2 saturated heterocycles. The number of piperidine rings is 1. The van der Waals surface area contributed by atoms with Crippen LogP contribution < -0.4 is 0 Å². The van der Waals surface area contributed by atoms with E-state index in [1.807, 2.05) is 61.5 Å². The average molecular weight is 479 g/mol. The fourth-order valence-corrected chi connectivity index (χ4v) is 5.16. The summed E-state index contributed by atoms with van der Waals surface area (Å²) in [6.45, 7) is 4.74. The van der Waals surface area contributed by atoms with E-state index in [1.165, 1.54) is 4.90 Å². The van der Waals surface area contributed by atoms with E-state index in [0.29, 0.717) is 49.7 Å².